The molecule has 0 bridgehead atoms. The fourth-order valence-corrected chi connectivity index (χ4v) is 3.07. The zero-order valence-electron chi connectivity index (χ0n) is 16.2. The lowest BCUT2D eigenvalue weighted by Crippen LogP contribution is -2.18. The lowest BCUT2D eigenvalue weighted by molar-refractivity contribution is -0.116. The van der Waals surface area contributed by atoms with E-state index in [2.05, 4.69) is 15.5 Å². The van der Waals surface area contributed by atoms with Gasteiger partial charge >= 0.3 is 0 Å². The highest BCUT2D eigenvalue weighted by Gasteiger charge is 2.15. The van der Waals surface area contributed by atoms with Gasteiger partial charge in [0.15, 0.2) is 0 Å². The summed E-state index contributed by atoms with van der Waals surface area (Å²) in [4.78, 5) is 16.9. The summed E-state index contributed by atoms with van der Waals surface area (Å²) in [6.07, 6.45) is 1.79. The van der Waals surface area contributed by atoms with Crippen LogP contribution >= 0.6 is 11.6 Å². The van der Waals surface area contributed by atoms with Gasteiger partial charge in [0.05, 0.1) is 6.61 Å². The molecule has 0 saturated heterocycles. The number of amides is 1. The van der Waals surface area contributed by atoms with Gasteiger partial charge in [-0.2, -0.15) is 4.98 Å². The maximum Gasteiger partial charge on any atom is 0.274 e. The average molecular weight is 423 g/mol. The summed E-state index contributed by atoms with van der Waals surface area (Å²) < 4.78 is 12.6. The van der Waals surface area contributed by atoms with Crippen LogP contribution in [0.2, 0.25) is 5.02 Å². The van der Waals surface area contributed by atoms with E-state index in [9.17, 15) is 4.79 Å². The van der Waals surface area contributed by atoms with Crippen molar-refractivity contribution in [2.24, 2.45) is 0 Å². The lowest BCUT2D eigenvalue weighted by Gasteiger charge is -2.09. The van der Waals surface area contributed by atoms with Crippen molar-refractivity contribution in [2.75, 3.05) is 11.9 Å². The van der Waals surface area contributed by atoms with E-state index in [1.165, 1.54) is 0 Å². The van der Waals surface area contributed by atoms with Gasteiger partial charge in [0.1, 0.15) is 18.0 Å². The third kappa shape index (κ3) is 4.52. The van der Waals surface area contributed by atoms with Crippen molar-refractivity contribution in [3.8, 4) is 28.7 Å². The van der Waals surface area contributed by atoms with Crippen LogP contribution in [0.25, 0.3) is 23.0 Å². The SMILES string of the molecule is CCOc1ccc(NC(=O)Cn2cccc2-c2nc(-c3ccc(Cl)cc3)no2)cc1. The number of halogens is 1. The van der Waals surface area contributed by atoms with Gasteiger partial charge in [-0.05, 0) is 67.6 Å². The zero-order valence-corrected chi connectivity index (χ0v) is 17.0. The number of hydrogen-bond acceptors (Lipinski definition) is 5. The Balaban J connectivity index is 1.45. The minimum absolute atomic E-state index is 0.105. The second-order valence-corrected chi connectivity index (χ2v) is 6.89. The van der Waals surface area contributed by atoms with Gasteiger partial charge in [0, 0.05) is 22.5 Å². The van der Waals surface area contributed by atoms with Crippen molar-refractivity contribution in [1.82, 2.24) is 14.7 Å². The van der Waals surface area contributed by atoms with E-state index in [-0.39, 0.29) is 12.5 Å². The highest BCUT2D eigenvalue weighted by molar-refractivity contribution is 6.30. The number of nitrogens with one attached hydrogen (secondary N) is 1. The smallest absolute Gasteiger partial charge is 0.274 e. The van der Waals surface area contributed by atoms with E-state index in [1.807, 2.05) is 43.3 Å². The second-order valence-electron chi connectivity index (χ2n) is 6.46. The summed E-state index contributed by atoms with van der Waals surface area (Å²) in [5, 5.41) is 7.53. The number of benzene rings is 2. The zero-order chi connectivity index (χ0) is 20.9. The van der Waals surface area contributed by atoms with Crippen molar-refractivity contribution in [3.05, 3.63) is 71.9 Å². The predicted molar refractivity (Wildman–Crippen MR) is 114 cm³/mol. The first-order chi connectivity index (χ1) is 14.6. The van der Waals surface area contributed by atoms with Crippen LogP contribution in [0.4, 0.5) is 5.69 Å². The maximum absolute atomic E-state index is 12.5. The predicted octanol–water partition coefficient (Wildman–Crippen LogP) is 4.90. The molecular weight excluding hydrogens is 404 g/mol. The minimum atomic E-state index is -0.172. The molecule has 0 aliphatic carbocycles. The van der Waals surface area contributed by atoms with Gasteiger partial charge < -0.3 is 19.1 Å². The molecule has 2 aromatic heterocycles. The molecule has 0 spiro atoms. The van der Waals surface area contributed by atoms with E-state index in [0.717, 1.165) is 11.3 Å². The Morgan fingerprint density at radius 1 is 1.13 bits per heavy atom. The largest absolute Gasteiger partial charge is 0.494 e. The Bertz CT molecular complexity index is 1130. The van der Waals surface area contributed by atoms with Gasteiger partial charge in [-0.3, -0.25) is 4.79 Å². The Labute approximate surface area is 178 Å². The van der Waals surface area contributed by atoms with E-state index in [4.69, 9.17) is 20.9 Å². The van der Waals surface area contributed by atoms with Crippen LogP contribution in [-0.2, 0) is 11.3 Å². The van der Waals surface area contributed by atoms with Gasteiger partial charge in [0.25, 0.3) is 5.89 Å². The number of hydrogen-bond donors (Lipinski definition) is 1. The molecule has 4 rings (SSSR count). The van der Waals surface area contributed by atoms with Crippen molar-refractivity contribution >= 4 is 23.2 Å². The van der Waals surface area contributed by atoms with Gasteiger partial charge in [0.2, 0.25) is 11.7 Å². The van der Waals surface area contributed by atoms with Crippen molar-refractivity contribution < 1.29 is 14.1 Å². The molecule has 0 fully saturated rings. The molecule has 152 valence electrons. The van der Waals surface area contributed by atoms with Gasteiger partial charge in [-0.15, -0.1) is 0 Å². The Morgan fingerprint density at radius 2 is 1.90 bits per heavy atom. The van der Waals surface area contributed by atoms with Crippen LogP contribution < -0.4 is 10.1 Å². The molecule has 1 N–H and O–H groups in total. The fraction of sp³-hybridized carbons (Fsp3) is 0.136. The lowest BCUT2D eigenvalue weighted by atomic mass is 10.2. The second kappa shape index (κ2) is 8.84. The fourth-order valence-electron chi connectivity index (χ4n) is 2.95. The monoisotopic (exact) mass is 422 g/mol. The molecular formula is C22H19ClN4O3. The quantitative estimate of drug-likeness (QED) is 0.458. The van der Waals surface area contributed by atoms with E-state index >= 15 is 0 Å². The molecule has 4 aromatic rings. The van der Waals surface area contributed by atoms with Crippen LogP contribution in [0, 0.1) is 0 Å². The molecule has 2 aromatic carbocycles. The number of carbonyl (C=O) groups is 1. The van der Waals surface area contributed by atoms with Gasteiger partial charge in [-0.25, -0.2) is 0 Å². The molecule has 30 heavy (non-hydrogen) atoms. The van der Waals surface area contributed by atoms with Crippen LogP contribution in [0.3, 0.4) is 0 Å². The van der Waals surface area contributed by atoms with Crippen LogP contribution in [0.1, 0.15) is 6.92 Å². The molecule has 8 heteroatoms. The van der Waals surface area contributed by atoms with Crippen LogP contribution in [-0.4, -0.2) is 27.2 Å². The minimum Gasteiger partial charge on any atom is -0.494 e. The summed E-state index contributed by atoms with van der Waals surface area (Å²) in [6, 6.07) is 18.1. The Kier molecular flexibility index (Phi) is 5.81. The highest BCUT2D eigenvalue weighted by atomic mass is 35.5. The van der Waals surface area contributed by atoms with E-state index in [0.29, 0.717) is 34.7 Å². The molecule has 7 nitrogen and oxygen atoms in total. The van der Waals surface area contributed by atoms with E-state index < -0.39 is 0 Å². The number of nitrogens with zero attached hydrogens (tertiary/aromatic N) is 3. The van der Waals surface area contributed by atoms with Crippen molar-refractivity contribution in [2.45, 2.75) is 13.5 Å². The number of ether oxygens (including phenoxy) is 1. The topological polar surface area (TPSA) is 82.2 Å². The number of anilines is 1. The first-order valence-electron chi connectivity index (χ1n) is 9.40. The Morgan fingerprint density at radius 3 is 2.63 bits per heavy atom. The standard InChI is InChI=1S/C22H19ClN4O3/c1-2-29-18-11-9-17(10-12-18)24-20(28)14-27-13-3-4-19(27)22-25-21(26-30-22)15-5-7-16(23)8-6-15/h3-13H,2,14H2,1H3,(H,24,28). The third-order valence-corrected chi connectivity index (χ3v) is 4.59. The van der Waals surface area contributed by atoms with Crippen molar-refractivity contribution in [1.29, 1.82) is 0 Å². The normalized spacial score (nSPS) is 10.7. The molecule has 0 unspecified atom stereocenters. The summed E-state index contributed by atoms with van der Waals surface area (Å²) in [6.45, 7) is 2.62. The molecule has 0 atom stereocenters. The summed E-state index contributed by atoms with van der Waals surface area (Å²) in [5.41, 5.74) is 2.14. The third-order valence-electron chi connectivity index (χ3n) is 4.34. The number of rotatable bonds is 7. The molecule has 0 aliphatic heterocycles. The maximum atomic E-state index is 12.5. The molecule has 2 heterocycles. The summed E-state index contributed by atoms with van der Waals surface area (Å²) in [5.74, 6) is 1.37. The summed E-state index contributed by atoms with van der Waals surface area (Å²) >= 11 is 5.92. The highest BCUT2D eigenvalue weighted by Crippen LogP contribution is 2.24. The van der Waals surface area contributed by atoms with Crippen molar-refractivity contribution in [3.63, 3.8) is 0 Å². The van der Waals surface area contributed by atoms with E-state index in [1.54, 1.807) is 35.0 Å². The Hall–Kier alpha value is -3.58. The van der Waals surface area contributed by atoms with Crippen LogP contribution in [0.5, 0.6) is 5.75 Å². The first kappa shape index (κ1) is 19.7. The average Bonchev–Trinajstić information content (AvgIpc) is 3.40. The van der Waals surface area contributed by atoms with Gasteiger partial charge in [-0.1, -0.05) is 16.8 Å². The molecule has 0 radical (unpaired) electrons. The molecule has 0 saturated carbocycles. The molecule has 0 aliphatic rings. The van der Waals surface area contributed by atoms with Crippen LogP contribution in [0.15, 0.2) is 71.4 Å². The number of carbonyl (C=O) groups excluding carboxylic acids is 1. The first-order valence-corrected chi connectivity index (χ1v) is 9.78. The summed E-state index contributed by atoms with van der Waals surface area (Å²) in [7, 11) is 0. The molecule has 1 amide bonds. The number of aromatic nitrogens is 3.